The highest BCUT2D eigenvalue weighted by atomic mass is 16.5. The normalized spacial score (nSPS) is 21.1. The van der Waals surface area contributed by atoms with Crippen LogP contribution in [0, 0.1) is 5.92 Å². The van der Waals surface area contributed by atoms with Gasteiger partial charge in [-0.1, -0.05) is 30.3 Å². The topological polar surface area (TPSA) is 41.6 Å². The van der Waals surface area contributed by atoms with Gasteiger partial charge in [0, 0.05) is 24.6 Å². The minimum absolute atomic E-state index is 0.0776. The number of fused-ring (bicyclic) bond motifs is 1. The number of likely N-dealkylation sites (tertiary alicyclic amines) is 1. The number of nitrogens with one attached hydrogen (secondary N) is 1. The van der Waals surface area contributed by atoms with Crippen molar-refractivity contribution in [2.45, 2.75) is 25.3 Å². The molecule has 1 fully saturated rings. The lowest BCUT2D eigenvalue weighted by Gasteiger charge is -2.38. The van der Waals surface area contributed by atoms with E-state index in [9.17, 15) is 4.79 Å². The van der Waals surface area contributed by atoms with Crippen LogP contribution in [0.2, 0.25) is 0 Å². The summed E-state index contributed by atoms with van der Waals surface area (Å²) < 4.78 is 5.23. The van der Waals surface area contributed by atoms with Gasteiger partial charge in [-0.2, -0.15) is 0 Å². The molecule has 2 aromatic rings. The van der Waals surface area contributed by atoms with E-state index in [4.69, 9.17) is 4.74 Å². The van der Waals surface area contributed by atoms with Gasteiger partial charge in [-0.25, -0.2) is 0 Å². The van der Waals surface area contributed by atoms with E-state index >= 15 is 0 Å². The Morgan fingerprint density at radius 2 is 1.81 bits per heavy atom. The third kappa shape index (κ3) is 3.47. The lowest BCUT2D eigenvalue weighted by Crippen LogP contribution is -2.41. The van der Waals surface area contributed by atoms with Crippen molar-refractivity contribution in [1.82, 2.24) is 10.2 Å². The molecule has 26 heavy (non-hydrogen) atoms. The number of carbonyl (C=O) groups is 1. The SMILES string of the molecule is COc1ccc(CN2CCC([C@H]3CNC(=O)c4ccccc43)CC2)cc1. The fraction of sp³-hybridized carbons (Fsp3) is 0.409. The van der Waals surface area contributed by atoms with E-state index in [1.807, 2.05) is 24.3 Å². The van der Waals surface area contributed by atoms with Crippen molar-refractivity contribution in [2.75, 3.05) is 26.7 Å². The first-order valence-electron chi connectivity index (χ1n) is 9.47. The number of benzene rings is 2. The number of piperidine rings is 1. The molecule has 0 aromatic heterocycles. The molecule has 0 bridgehead atoms. The molecule has 0 aliphatic carbocycles. The Morgan fingerprint density at radius 3 is 2.54 bits per heavy atom. The van der Waals surface area contributed by atoms with E-state index in [1.54, 1.807) is 7.11 Å². The molecule has 4 rings (SSSR count). The van der Waals surface area contributed by atoms with Crippen LogP contribution in [-0.4, -0.2) is 37.6 Å². The molecule has 1 amide bonds. The number of rotatable bonds is 4. The molecule has 4 heteroatoms. The predicted molar refractivity (Wildman–Crippen MR) is 103 cm³/mol. The maximum Gasteiger partial charge on any atom is 0.251 e. The van der Waals surface area contributed by atoms with Crippen LogP contribution in [0.3, 0.4) is 0 Å². The lowest BCUT2D eigenvalue weighted by atomic mass is 9.77. The zero-order valence-corrected chi connectivity index (χ0v) is 15.3. The zero-order valence-electron chi connectivity index (χ0n) is 15.3. The molecule has 2 aliphatic rings. The Labute approximate surface area is 155 Å². The van der Waals surface area contributed by atoms with Crippen LogP contribution >= 0.6 is 0 Å². The Bertz CT molecular complexity index is 764. The number of ether oxygens (including phenoxy) is 1. The molecule has 2 aromatic carbocycles. The fourth-order valence-electron chi connectivity index (χ4n) is 4.36. The molecule has 4 nitrogen and oxygen atoms in total. The molecule has 0 radical (unpaired) electrons. The smallest absolute Gasteiger partial charge is 0.251 e. The van der Waals surface area contributed by atoms with Gasteiger partial charge in [-0.05, 0) is 61.2 Å². The summed E-state index contributed by atoms with van der Waals surface area (Å²) in [5.74, 6) is 2.08. The summed E-state index contributed by atoms with van der Waals surface area (Å²) in [6, 6.07) is 16.5. The first-order chi connectivity index (χ1) is 12.7. The van der Waals surface area contributed by atoms with Crippen LogP contribution in [0.15, 0.2) is 48.5 Å². The van der Waals surface area contributed by atoms with Crippen molar-refractivity contribution in [2.24, 2.45) is 5.92 Å². The summed E-state index contributed by atoms with van der Waals surface area (Å²) in [5.41, 5.74) is 3.44. The van der Waals surface area contributed by atoms with Crippen molar-refractivity contribution < 1.29 is 9.53 Å². The highest BCUT2D eigenvalue weighted by Crippen LogP contribution is 2.36. The monoisotopic (exact) mass is 350 g/mol. The average molecular weight is 350 g/mol. The molecule has 1 atom stereocenters. The summed E-state index contributed by atoms with van der Waals surface area (Å²) in [5, 5.41) is 3.08. The van der Waals surface area contributed by atoms with Crippen LogP contribution in [0.5, 0.6) is 5.75 Å². The first-order valence-corrected chi connectivity index (χ1v) is 9.47. The van der Waals surface area contributed by atoms with E-state index < -0.39 is 0 Å². The summed E-state index contributed by atoms with van der Waals surface area (Å²) in [7, 11) is 1.70. The summed E-state index contributed by atoms with van der Waals surface area (Å²) in [6.07, 6.45) is 2.37. The molecule has 0 spiro atoms. The number of methoxy groups -OCH3 is 1. The molecule has 136 valence electrons. The van der Waals surface area contributed by atoms with Gasteiger partial charge in [0.2, 0.25) is 0 Å². The van der Waals surface area contributed by atoms with Gasteiger partial charge >= 0.3 is 0 Å². The Morgan fingerprint density at radius 1 is 1.08 bits per heavy atom. The number of hydrogen-bond donors (Lipinski definition) is 1. The van der Waals surface area contributed by atoms with Crippen molar-refractivity contribution in [3.05, 3.63) is 65.2 Å². The molecule has 1 saturated heterocycles. The molecular weight excluding hydrogens is 324 g/mol. The maximum absolute atomic E-state index is 12.1. The lowest BCUT2D eigenvalue weighted by molar-refractivity contribution is 0.0922. The minimum Gasteiger partial charge on any atom is -0.497 e. The van der Waals surface area contributed by atoms with E-state index in [1.165, 1.54) is 24.0 Å². The zero-order chi connectivity index (χ0) is 17.9. The molecule has 0 unspecified atom stereocenters. The van der Waals surface area contributed by atoms with Crippen LogP contribution in [0.25, 0.3) is 0 Å². The standard InChI is InChI=1S/C22H26N2O2/c1-26-18-8-6-16(7-9-18)15-24-12-10-17(11-13-24)21-14-23-22(25)20-5-3-2-4-19(20)21/h2-9,17,21H,10-15H2,1H3,(H,23,25)/t21-/m1/s1. The van der Waals surface area contributed by atoms with Gasteiger partial charge in [0.25, 0.3) is 5.91 Å². The molecule has 2 aliphatic heterocycles. The van der Waals surface area contributed by atoms with Gasteiger partial charge in [0.1, 0.15) is 5.75 Å². The Kier molecular flexibility index (Phi) is 4.93. The van der Waals surface area contributed by atoms with E-state index in [2.05, 4.69) is 34.5 Å². The summed E-state index contributed by atoms with van der Waals surface area (Å²) >= 11 is 0. The number of hydrogen-bond acceptors (Lipinski definition) is 3. The highest BCUT2D eigenvalue weighted by molar-refractivity contribution is 5.97. The van der Waals surface area contributed by atoms with Crippen LogP contribution in [-0.2, 0) is 6.54 Å². The molecule has 1 N–H and O–H groups in total. The van der Waals surface area contributed by atoms with Crippen LogP contribution < -0.4 is 10.1 Å². The van der Waals surface area contributed by atoms with E-state index in [0.717, 1.165) is 37.5 Å². The second kappa shape index (κ2) is 7.50. The second-order valence-corrected chi connectivity index (χ2v) is 7.37. The van der Waals surface area contributed by atoms with Crippen molar-refractivity contribution in [1.29, 1.82) is 0 Å². The molecular formula is C22H26N2O2. The summed E-state index contributed by atoms with van der Waals surface area (Å²) in [4.78, 5) is 14.6. The van der Waals surface area contributed by atoms with E-state index in [-0.39, 0.29) is 5.91 Å². The fourth-order valence-corrected chi connectivity index (χ4v) is 4.36. The molecule has 0 saturated carbocycles. The van der Waals surface area contributed by atoms with Crippen LogP contribution in [0.4, 0.5) is 0 Å². The van der Waals surface area contributed by atoms with Gasteiger partial charge in [-0.3, -0.25) is 9.69 Å². The van der Waals surface area contributed by atoms with Gasteiger partial charge < -0.3 is 10.1 Å². The first kappa shape index (κ1) is 17.1. The van der Waals surface area contributed by atoms with Gasteiger partial charge in [0.05, 0.1) is 7.11 Å². The van der Waals surface area contributed by atoms with Crippen molar-refractivity contribution in [3.63, 3.8) is 0 Å². The molecule has 2 heterocycles. The number of nitrogens with zero attached hydrogens (tertiary/aromatic N) is 1. The van der Waals surface area contributed by atoms with E-state index in [0.29, 0.717) is 11.8 Å². The van der Waals surface area contributed by atoms with Gasteiger partial charge in [0.15, 0.2) is 0 Å². The third-order valence-electron chi connectivity index (χ3n) is 5.85. The third-order valence-corrected chi connectivity index (χ3v) is 5.85. The van der Waals surface area contributed by atoms with Crippen LogP contribution in [0.1, 0.15) is 40.2 Å². The number of carbonyl (C=O) groups excluding carboxylic acids is 1. The average Bonchev–Trinajstić information content (AvgIpc) is 2.70. The largest absolute Gasteiger partial charge is 0.497 e. The highest BCUT2D eigenvalue weighted by Gasteiger charge is 2.32. The second-order valence-electron chi connectivity index (χ2n) is 7.37. The van der Waals surface area contributed by atoms with Crippen molar-refractivity contribution in [3.8, 4) is 5.75 Å². The Hall–Kier alpha value is -2.33. The summed E-state index contributed by atoms with van der Waals surface area (Å²) in [6.45, 7) is 4.00. The number of amides is 1. The predicted octanol–water partition coefficient (Wildman–Crippen LogP) is 3.43. The van der Waals surface area contributed by atoms with Gasteiger partial charge in [-0.15, -0.1) is 0 Å². The maximum atomic E-state index is 12.1. The minimum atomic E-state index is 0.0776. The quantitative estimate of drug-likeness (QED) is 0.918. The Balaban J connectivity index is 1.38. The van der Waals surface area contributed by atoms with Crippen molar-refractivity contribution >= 4 is 5.91 Å².